The van der Waals surface area contributed by atoms with Crippen molar-refractivity contribution < 1.29 is 9.50 Å². The number of hydrogen-bond donors (Lipinski definition) is 1. The van der Waals surface area contributed by atoms with Crippen molar-refractivity contribution in [1.29, 1.82) is 0 Å². The van der Waals surface area contributed by atoms with Crippen molar-refractivity contribution >= 4 is 0 Å². The molecule has 1 aromatic carbocycles. The van der Waals surface area contributed by atoms with Crippen LogP contribution in [0.1, 0.15) is 45.1 Å². The third-order valence-electron chi connectivity index (χ3n) is 4.22. The highest BCUT2D eigenvalue weighted by molar-refractivity contribution is 5.18. The van der Waals surface area contributed by atoms with E-state index in [0.29, 0.717) is 18.3 Å². The lowest BCUT2D eigenvalue weighted by Gasteiger charge is -2.38. The van der Waals surface area contributed by atoms with Gasteiger partial charge >= 0.3 is 0 Å². The van der Waals surface area contributed by atoms with Gasteiger partial charge < -0.3 is 5.11 Å². The quantitative estimate of drug-likeness (QED) is 0.861. The van der Waals surface area contributed by atoms with Gasteiger partial charge in [0.15, 0.2) is 0 Å². The second-order valence-corrected chi connectivity index (χ2v) is 6.13. The lowest BCUT2D eigenvalue weighted by Crippen LogP contribution is -2.38. The molecule has 2 heteroatoms. The van der Waals surface area contributed by atoms with Crippen molar-refractivity contribution in [1.82, 2.24) is 0 Å². The van der Waals surface area contributed by atoms with E-state index in [1.807, 2.05) is 6.07 Å². The molecule has 0 aromatic heterocycles. The fraction of sp³-hybridized carbons (Fsp3) is 0.625. The van der Waals surface area contributed by atoms with Crippen LogP contribution in [0.25, 0.3) is 0 Å². The fourth-order valence-electron chi connectivity index (χ4n) is 3.14. The summed E-state index contributed by atoms with van der Waals surface area (Å²) in [5.74, 6) is 0.994. The van der Waals surface area contributed by atoms with Crippen LogP contribution in [0.5, 0.6) is 0 Å². The Hall–Kier alpha value is -0.890. The van der Waals surface area contributed by atoms with Gasteiger partial charge in [-0.15, -0.1) is 0 Å². The minimum Gasteiger partial charge on any atom is -0.390 e. The number of benzene rings is 1. The highest BCUT2D eigenvalue weighted by Gasteiger charge is 2.35. The summed E-state index contributed by atoms with van der Waals surface area (Å²) >= 11 is 0. The molecule has 1 fully saturated rings. The summed E-state index contributed by atoms with van der Waals surface area (Å²) in [7, 11) is 0. The molecule has 1 saturated carbocycles. The Morgan fingerprint density at radius 2 is 2.22 bits per heavy atom. The molecule has 0 radical (unpaired) electrons. The predicted molar refractivity (Wildman–Crippen MR) is 71.8 cm³/mol. The second-order valence-electron chi connectivity index (χ2n) is 6.13. The van der Waals surface area contributed by atoms with Gasteiger partial charge in [-0.2, -0.15) is 0 Å². The van der Waals surface area contributed by atoms with Crippen molar-refractivity contribution in [3.63, 3.8) is 0 Å². The van der Waals surface area contributed by atoms with Crippen LogP contribution >= 0.6 is 0 Å². The van der Waals surface area contributed by atoms with Gasteiger partial charge in [0.05, 0.1) is 5.60 Å². The summed E-state index contributed by atoms with van der Waals surface area (Å²) in [4.78, 5) is 0. The Kier molecular flexibility index (Phi) is 4.06. The molecule has 0 spiro atoms. The Balaban J connectivity index is 2.07. The normalized spacial score (nSPS) is 28.6. The highest BCUT2D eigenvalue weighted by atomic mass is 19.1. The molecule has 1 nitrogen and oxygen atoms in total. The van der Waals surface area contributed by atoms with Crippen molar-refractivity contribution in [2.75, 3.05) is 0 Å². The van der Waals surface area contributed by atoms with Gasteiger partial charge in [-0.1, -0.05) is 32.4 Å². The largest absolute Gasteiger partial charge is 0.390 e. The van der Waals surface area contributed by atoms with Crippen LogP contribution in [0.4, 0.5) is 4.39 Å². The average molecular weight is 250 g/mol. The Morgan fingerprint density at radius 3 is 2.89 bits per heavy atom. The Morgan fingerprint density at radius 1 is 1.44 bits per heavy atom. The molecular formula is C16H23FO. The Labute approximate surface area is 109 Å². The molecule has 18 heavy (non-hydrogen) atoms. The van der Waals surface area contributed by atoms with Crippen LogP contribution in [-0.4, -0.2) is 10.7 Å². The Bertz CT molecular complexity index is 402. The molecule has 2 atom stereocenters. The van der Waals surface area contributed by atoms with Crippen molar-refractivity contribution in [3.8, 4) is 0 Å². The van der Waals surface area contributed by atoms with Crippen LogP contribution in [0.15, 0.2) is 24.3 Å². The third-order valence-corrected chi connectivity index (χ3v) is 4.22. The standard InChI is InChI=1S/C16H23FO/c1-12(2)14-6-4-8-16(18,11-14)10-13-5-3-7-15(17)9-13/h3,5,7,9,12,14,18H,4,6,8,10-11H2,1-2H3. The number of hydrogen-bond acceptors (Lipinski definition) is 1. The van der Waals surface area contributed by atoms with E-state index < -0.39 is 5.60 Å². The second kappa shape index (κ2) is 5.40. The highest BCUT2D eigenvalue weighted by Crippen LogP contribution is 2.38. The van der Waals surface area contributed by atoms with E-state index in [9.17, 15) is 9.50 Å². The number of rotatable bonds is 3. The molecule has 0 bridgehead atoms. The van der Waals surface area contributed by atoms with E-state index in [2.05, 4.69) is 13.8 Å². The molecule has 1 aliphatic carbocycles. The maximum atomic E-state index is 13.2. The first kappa shape index (κ1) is 13.5. The molecule has 1 aromatic rings. The van der Waals surface area contributed by atoms with Crippen LogP contribution in [0, 0.1) is 17.7 Å². The van der Waals surface area contributed by atoms with Gasteiger partial charge in [0.2, 0.25) is 0 Å². The van der Waals surface area contributed by atoms with Gasteiger partial charge in [0.25, 0.3) is 0 Å². The smallest absolute Gasteiger partial charge is 0.123 e. The summed E-state index contributed by atoms with van der Waals surface area (Å²) in [5, 5.41) is 10.7. The predicted octanol–water partition coefficient (Wildman–Crippen LogP) is 3.95. The molecule has 2 unspecified atom stereocenters. The van der Waals surface area contributed by atoms with Gasteiger partial charge in [-0.25, -0.2) is 4.39 Å². The zero-order chi connectivity index (χ0) is 13.2. The maximum absolute atomic E-state index is 13.2. The number of halogens is 1. The van der Waals surface area contributed by atoms with Crippen molar-refractivity contribution in [3.05, 3.63) is 35.6 Å². The molecule has 2 rings (SSSR count). The van der Waals surface area contributed by atoms with Crippen LogP contribution in [0.3, 0.4) is 0 Å². The van der Waals surface area contributed by atoms with Crippen molar-refractivity contribution in [2.24, 2.45) is 11.8 Å². The van der Waals surface area contributed by atoms with E-state index in [-0.39, 0.29) is 5.82 Å². The molecule has 1 N–H and O–H groups in total. The molecule has 0 saturated heterocycles. The van der Waals surface area contributed by atoms with E-state index in [0.717, 1.165) is 24.8 Å². The lowest BCUT2D eigenvalue weighted by atomic mass is 9.71. The van der Waals surface area contributed by atoms with Gasteiger partial charge in [0.1, 0.15) is 5.82 Å². The van der Waals surface area contributed by atoms with E-state index in [1.165, 1.54) is 18.6 Å². The van der Waals surface area contributed by atoms with E-state index >= 15 is 0 Å². The molecule has 100 valence electrons. The third kappa shape index (κ3) is 3.32. The summed E-state index contributed by atoms with van der Waals surface area (Å²) in [6.45, 7) is 4.44. The lowest BCUT2D eigenvalue weighted by molar-refractivity contribution is -0.0240. The van der Waals surface area contributed by atoms with Gasteiger partial charge in [0, 0.05) is 6.42 Å². The molecular weight excluding hydrogens is 227 g/mol. The van der Waals surface area contributed by atoms with Gasteiger partial charge in [-0.05, 0) is 48.8 Å². The van der Waals surface area contributed by atoms with Crippen LogP contribution < -0.4 is 0 Å². The first-order valence-electron chi connectivity index (χ1n) is 6.95. The van der Waals surface area contributed by atoms with E-state index in [1.54, 1.807) is 6.07 Å². The zero-order valence-corrected chi connectivity index (χ0v) is 11.3. The molecule has 0 aliphatic heterocycles. The minimum atomic E-state index is -0.638. The van der Waals surface area contributed by atoms with Crippen molar-refractivity contribution in [2.45, 2.75) is 51.6 Å². The number of aliphatic hydroxyl groups is 1. The molecule has 0 amide bonds. The fourth-order valence-corrected chi connectivity index (χ4v) is 3.14. The topological polar surface area (TPSA) is 20.2 Å². The molecule has 0 heterocycles. The van der Waals surface area contributed by atoms with Gasteiger partial charge in [-0.3, -0.25) is 0 Å². The van der Waals surface area contributed by atoms with Crippen LogP contribution in [-0.2, 0) is 6.42 Å². The summed E-state index contributed by atoms with van der Waals surface area (Å²) in [6.07, 6.45) is 4.56. The minimum absolute atomic E-state index is 0.215. The first-order valence-corrected chi connectivity index (χ1v) is 6.95. The summed E-state index contributed by atoms with van der Waals surface area (Å²) < 4.78 is 13.2. The monoisotopic (exact) mass is 250 g/mol. The summed E-state index contributed by atoms with van der Waals surface area (Å²) in [5.41, 5.74) is 0.267. The SMILES string of the molecule is CC(C)C1CCCC(O)(Cc2cccc(F)c2)C1. The van der Waals surface area contributed by atoms with E-state index in [4.69, 9.17) is 0 Å². The first-order chi connectivity index (χ1) is 8.48. The maximum Gasteiger partial charge on any atom is 0.123 e. The van der Waals surface area contributed by atoms with Crippen LogP contribution in [0.2, 0.25) is 0 Å². The molecule has 1 aliphatic rings. The summed E-state index contributed by atoms with van der Waals surface area (Å²) in [6, 6.07) is 6.61. The average Bonchev–Trinajstić information content (AvgIpc) is 2.28. The zero-order valence-electron chi connectivity index (χ0n) is 11.3.